The Morgan fingerprint density at radius 3 is 2.70 bits per heavy atom. The molecular weight excluding hydrogens is 398 g/mol. The predicted octanol–water partition coefficient (Wildman–Crippen LogP) is 3.22. The lowest BCUT2D eigenvalue weighted by molar-refractivity contribution is 0.0954. The van der Waals surface area contributed by atoms with E-state index in [2.05, 4.69) is 32.5 Å². The molecule has 0 bridgehead atoms. The molecule has 0 radical (unpaired) electrons. The van der Waals surface area contributed by atoms with E-state index in [4.69, 9.17) is 4.74 Å². The number of ether oxygens (including phenoxy) is 1. The lowest BCUT2D eigenvalue weighted by Crippen LogP contribution is -2.35. The summed E-state index contributed by atoms with van der Waals surface area (Å²) in [7, 11) is 0. The van der Waals surface area contributed by atoms with Gasteiger partial charge in [-0.3, -0.25) is 9.20 Å². The summed E-state index contributed by atoms with van der Waals surface area (Å²) < 4.78 is 7.38. The summed E-state index contributed by atoms with van der Waals surface area (Å²) in [5.74, 6) is 0.594. The molecule has 0 saturated carbocycles. The number of morpholine rings is 1. The van der Waals surface area contributed by atoms with Crippen molar-refractivity contribution in [3.63, 3.8) is 0 Å². The fraction of sp³-hybridized carbons (Fsp3) is 0.227. The van der Waals surface area contributed by atoms with Crippen molar-refractivity contribution in [3.05, 3.63) is 71.5 Å². The molecule has 1 aromatic carbocycles. The molecule has 0 aliphatic carbocycles. The number of nitrogens with zero attached hydrogens (tertiary/aromatic N) is 4. The first-order valence-electron chi connectivity index (χ1n) is 9.88. The molecule has 4 aromatic rings. The zero-order chi connectivity index (χ0) is 20.3. The summed E-state index contributed by atoms with van der Waals surface area (Å²) in [5, 5.41) is 12.4. The molecule has 1 fully saturated rings. The fourth-order valence-electron chi connectivity index (χ4n) is 3.58. The molecule has 4 heterocycles. The van der Waals surface area contributed by atoms with Crippen molar-refractivity contribution in [2.75, 3.05) is 31.2 Å². The van der Waals surface area contributed by atoms with Crippen molar-refractivity contribution >= 4 is 27.9 Å². The molecule has 152 valence electrons. The Morgan fingerprint density at radius 2 is 1.87 bits per heavy atom. The Labute approximate surface area is 177 Å². The van der Waals surface area contributed by atoms with Gasteiger partial charge in [-0.1, -0.05) is 36.4 Å². The number of nitrogens with one attached hydrogen (secondary N) is 1. The summed E-state index contributed by atoms with van der Waals surface area (Å²) in [5.41, 5.74) is 2.96. The summed E-state index contributed by atoms with van der Waals surface area (Å²) in [6.45, 7) is 3.37. The number of anilines is 1. The molecule has 0 unspecified atom stereocenters. The van der Waals surface area contributed by atoms with Crippen LogP contribution in [0.4, 0.5) is 5.00 Å². The predicted molar refractivity (Wildman–Crippen MR) is 117 cm³/mol. The molecule has 1 amide bonds. The van der Waals surface area contributed by atoms with E-state index in [1.807, 2.05) is 53.1 Å². The lowest BCUT2D eigenvalue weighted by atomic mass is 10.1. The average Bonchev–Trinajstić information content (AvgIpc) is 3.44. The second-order valence-electron chi connectivity index (χ2n) is 7.02. The van der Waals surface area contributed by atoms with Crippen molar-refractivity contribution in [1.82, 2.24) is 19.9 Å². The van der Waals surface area contributed by atoms with Crippen LogP contribution in [0.25, 0.3) is 16.8 Å². The Kier molecular flexibility index (Phi) is 5.17. The van der Waals surface area contributed by atoms with Gasteiger partial charge in [-0.2, -0.15) is 0 Å². The van der Waals surface area contributed by atoms with Crippen LogP contribution < -0.4 is 10.2 Å². The maximum atomic E-state index is 13.0. The first-order chi connectivity index (χ1) is 14.8. The Bertz CT molecular complexity index is 1160. The molecule has 3 aromatic heterocycles. The van der Waals surface area contributed by atoms with Gasteiger partial charge in [0.15, 0.2) is 11.5 Å². The molecule has 8 heteroatoms. The van der Waals surface area contributed by atoms with E-state index in [1.54, 1.807) is 0 Å². The van der Waals surface area contributed by atoms with Crippen LogP contribution in [-0.2, 0) is 11.3 Å². The molecule has 7 nitrogen and oxygen atoms in total. The molecule has 1 N–H and O–H groups in total. The minimum Gasteiger partial charge on any atom is -0.378 e. The van der Waals surface area contributed by atoms with Crippen LogP contribution in [0.3, 0.4) is 0 Å². The van der Waals surface area contributed by atoms with E-state index in [0.29, 0.717) is 30.5 Å². The second kappa shape index (κ2) is 8.25. The normalized spacial score (nSPS) is 14.2. The summed E-state index contributed by atoms with van der Waals surface area (Å²) in [6.07, 6.45) is 1.89. The molecular formula is C22H21N5O2S. The number of benzene rings is 1. The van der Waals surface area contributed by atoms with Crippen LogP contribution in [0.5, 0.6) is 0 Å². The van der Waals surface area contributed by atoms with Crippen molar-refractivity contribution in [3.8, 4) is 11.1 Å². The van der Waals surface area contributed by atoms with Crippen molar-refractivity contribution in [1.29, 1.82) is 0 Å². The third-order valence-corrected chi connectivity index (χ3v) is 6.31. The summed E-state index contributed by atoms with van der Waals surface area (Å²) in [6, 6.07) is 17.9. The molecule has 1 aliphatic rings. The average molecular weight is 420 g/mol. The number of amides is 1. The van der Waals surface area contributed by atoms with Gasteiger partial charge in [0.2, 0.25) is 0 Å². The Morgan fingerprint density at radius 1 is 1.07 bits per heavy atom. The summed E-state index contributed by atoms with van der Waals surface area (Å²) >= 11 is 1.53. The maximum Gasteiger partial charge on any atom is 0.261 e. The first kappa shape index (κ1) is 18.8. The number of hydrogen-bond donors (Lipinski definition) is 1. The zero-order valence-electron chi connectivity index (χ0n) is 16.3. The van der Waals surface area contributed by atoms with Gasteiger partial charge >= 0.3 is 0 Å². The standard InChI is InChI=1S/C22H21N5O2S/c28-21(23-15-20-25-24-19-8-4-5-9-27(19)20)18-14-17(16-6-2-1-3-7-16)22(30-18)26-10-12-29-13-11-26/h1-9,14H,10-13,15H2,(H,23,28). The van der Waals surface area contributed by atoms with Gasteiger partial charge in [-0.25, -0.2) is 0 Å². The molecule has 0 atom stereocenters. The second-order valence-corrected chi connectivity index (χ2v) is 8.05. The lowest BCUT2D eigenvalue weighted by Gasteiger charge is -2.28. The van der Waals surface area contributed by atoms with Crippen LogP contribution in [0.15, 0.2) is 60.8 Å². The van der Waals surface area contributed by atoms with Crippen molar-refractivity contribution < 1.29 is 9.53 Å². The van der Waals surface area contributed by atoms with Gasteiger partial charge in [0.1, 0.15) is 0 Å². The van der Waals surface area contributed by atoms with Gasteiger partial charge in [0.05, 0.1) is 29.6 Å². The Balaban J connectivity index is 1.40. The van der Waals surface area contributed by atoms with E-state index in [0.717, 1.165) is 34.9 Å². The van der Waals surface area contributed by atoms with Gasteiger partial charge in [-0.15, -0.1) is 21.5 Å². The third kappa shape index (κ3) is 3.67. The topological polar surface area (TPSA) is 71.8 Å². The number of pyridine rings is 1. The number of rotatable bonds is 5. The van der Waals surface area contributed by atoms with E-state index in [9.17, 15) is 4.79 Å². The van der Waals surface area contributed by atoms with Crippen LogP contribution in [0, 0.1) is 0 Å². The smallest absolute Gasteiger partial charge is 0.261 e. The van der Waals surface area contributed by atoms with E-state index < -0.39 is 0 Å². The van der Waals surface area contributed by atoms with Crippen LogP contribution in [0.2, 0.25) is 0 Å². The third-order valence-electron chi connectivity index (χ3n) is 5.11. The van der Waals surface area contributed by atoms with E-state index >= 15 is 0 Å². The van der Waals surface area contributed by atoms with E-state index in [1.165, 1.54) is 11.3 Å². The SMILES string of the molecule is O=C(NCc1nnc2ccccn12)c1cc(-c2ccccc2)c(N2CCOCC2)s1. The van der Waals surface area contributed by atoms with Gasteiger partial charge in [0, 0.05) is 24.8 Å². The van der Waals surface area contributed by atoms with Gasteiger partial charge < -0.3 is 15.0 Å². The minimum absolute atomic E-state index is 0.107. The number of hydrogen-bond acceptors (Lipinski definition) is 6. The van der Waals surface area contributed by atoms with Crippen LogP contribution in [0.1, 0.15) is 15.5 Å². The molecule has 1 saturated heterocycles. The largest absolute Gasteiger partial charge is 0.378 e. The molecule has 1 aliphatic heterocycles. The highest BCUT2D eigenvalue weighted by Gasteiger charge is 2.22. The fourth-order valence-corrected chi connectivity index (χ4v) is 4.73. The molecule has 30 heavy (non-hydrogen) atoms. The first-order valence-corrected chi connectivity index (χ1v) is 10.7. The highest BCUT2D eigenvalue weighted by atomic mass is 32.1. The number of fused-ring (bicyclic) bond motifs is 1. The van der Waals surface area contributed by atoms with E-state index in [-0.39, 0.29) is 5.91 Å². The van der Waals surface area contributed by atoms with Gasteiger partial charge in [0.25, 0.3) is 5.91 Å². The summed E-state index contributed by atoms with van der Waals surface area (Å²) in [4.78, 5) is 15.9. The van der Waals surface area contributed by atoms with Crippen molar-refractivity contribution in [2.45, 2.75) is 6.54 Å². The van der Waals surface area contributed by atoms with Crippen LogP contribution >= 0.6 is 11.3 Å². The number of carbonyl (C=O) groups is 1. The number of carbonyl (C=O) groups excluding carboxylic acids is 1. The van der Waals surface area contributed by atoms with Gasteiger partial charge in [-0.05, 0) is 23.8 Å². The highest BCUT2D eigenvalue weighted by Crippen LogP contribution is 2.39. The Hall–Kier alpha value is -3.23. The monoisotopic (exact) mass is 419 g/mol. The number of aromatic nitrogens is 3. The molecule has 0 spiro atoms. The quantitative estimate of drug-likeness (QED) is 0.538. The number of thiophene rings is 1. The highest BCUT2D eigenvalue weighted by molar-refractivity contribution is 7.18. The van der Waals surface area contributed by atoms with Crippen LogP contribution in [-0.4, -0.2) is 46.8 Å². The van der Waals surface area contributed by atoms with Crippen molar-refractivity contribution in [2.24, 2.45) is 0 Å². The maximum absolute atomic E-state index is 13.0. The minimum atomic E-state index is -0.107. The zero-order valence-corrected chi connectivity index (χ0v) is 17.1. The molecule has 5 rings (SSSR count).